The fourth-order valence-corrected chi connectivity index (χ4v) is 3.45. The first-order valence-electron chi connectivity index (χ1n) is 9.56. The molecule has 0 spiro atoms. The molecule has 2 fully saturated rings. The standard InChI is InChI=1S/C20H25N3O3/c24-20(16-9-10-16)23-12-5-4-8-17(23)19-21-18(22-26-19)11-13-25-14-15-6-2-1-3-7-15/h1-3,6-7,16-17H,4-5,8-14H2. The third-order valence-corrected chi connectivity index (χ3v) is 5.06. The monoisotopic (exact) mass is 355 g/mol. The van der Waals surface area contributed by atoms with Gasteiger partial charge in [0, 0.05) is 18.9 Å². The van der Waals surface area contributed by atoms with Crippen LogP contribution in [-0.4, -0.2) is 34.1 Å². The van der Waals surface area contributed by atoms with E-state index in [0.29, 0.717) is 31.3 Å². The van der Waals surface area contributed by atoms with Gasteiger partial charge >= 0.3 is 0 Å². The summed E-state index contributed by atoms with van der Waals surface area (Å²) >= 11 is 0. The minimum absolute atomic E-state index is 0.0525. The number of benzene rings is 1. The Kier molecular flexibility index (Phi) is 5.29. The first kappa shape index (κ1) is 17.2. The molecule has 1 aromatic heterocycles. The molecule has 0 N–H and O–H groups in total. The lowest BCUT2D eigenvalue weighted by atomic mass is 10.0. The van der Waals surface area contributed by atoms with Crippen molar-refractivity contribution < 1.29 is 14.1 Å². The SMILES string of the molecule is O=C(C1CC1)N1CCCCC1c1nc(CCOCc2ccccc2)no1. The first-order chi connectivity index (χ1) is 12.8. The summed E-state index contributed by atoms with van der Waals surface area (Å²) < 4.78 is 11.2. The molecule has 1 amide bonds. The highest BCUT2D eigenvalue weighted by molar-refractivity contribution is 5.81. The zero-order valence-electron chi connectivity index (χ0n) is 15.0. The van der Waals surface area contributed by atoms with Crippen molar-refractivity contribution in [1.82, 2.24) is 15.0 Å². The van der Waals surface area contributed by atoms with Crippen LogP contribution in [0.3, 0.4) is 0 Å². The van der Waals surface area contributed by atoms with E-state index in [0.717, 1.165) is 44.2 Å². The smallest absolute Gasteiger partial charge is 0.249 e. The fourth-order valence-electron chi connectivity index (χ4n) is 3.45. The third kappa shape index (κ3) is 4.12. The second-order valence-electron chi connectivity index (χ2n) is 7.15. The number of amides is 1. The number of piperidine rings is 1. The molecule has 1 aliphatic heterocycles. The van der Waals surface area contributed by atoms with Crippen molar-refractivity contribution in [2.45, 2.75) is 51.2 Å². The molecular formula is C20H25N3O3. The molecule has 1 atom stereocenters. The zero-order valence-corrected chi connectivity index (χ0v) is 15.0. The molecule has 1 aliphatic carbocycles. The number of rotatable bonds is 7. The topological polar surface area (TPSA) is 68.5 Å². The summed E-state index contributed by atoms with van der Waals surface area (Å²) in [5.41, 5.74) is 1.15. The van der Waals surface area contributed by atoms with Crippen LogP contribution >= 0.6 is 0 Å². The lowest BCUT2D eigenvalue weighted by Gasteiger charge is -2.33. The number of carbonyl (C=O) groups is 1. The number of hydrogen-bond acceptors (Lipinski definition) is 5. The van der Waals surface area contributed by atoms with E-state index in [1.165, 1.54) is 0 Å². The molecule has 138 valence electrons. The molecule has 1 aromatic carbocycles. The van der Waals surface area contributed by atoms with Gasteiger partial charge in [-0.3, -0.25) is 4.79 Å². The van der Waals surface area contributed by atoms with Crippen molar-refractivity contribution in [1.29, 1.82) is 0 Å². The van der Waals surface area contributed by atoms with Gasteiger partial charge in [-0.2, -0.15) is 4.98 Å². The van der Waals surface area contributed by atoms with E-state index >= 15 is 0 Å². The Morgan fingerprint density at radius 1 is 1.19 bits per heavy atom. The van der Waals surface area contributed by atoms with Crippen molar-refractivity contribution in [2.24, 2.45) is 5.92 Å². The van der Waals surface area contributed by atoms with Crippen LogP contribution in [0.4, 0.5) is 0 Å². The number of carbonyl (C=O) groups excluding carboxylic acids is 1. The second-order valence-corrected chi connectivity index (χ2v) is 7.15. The lowest BCUT2D eigenvalue weighted by molar-refractivity contribution is -0.137. The van der Waals surface area contributed by atoms with Crippen LogP contribution in [0.15, 0.2) is 34.9 Å². The van der Waals surface area contributed by atoms with Gasteiger partial charge in [0.25, 0.3) is 0 Å². The van der Waals surface area contributed by atoms with Crippen LogP contribution in [0.5, 0.6) is 0 Å². The third-order valence-electron chi connectivity index (χ3n) is 5.06. The zero-order chi connectivity index (χ0) is 17.8. The summed E-state index contributed by atoms with van der Waals surface area (Å²) in [5.74, 6) is 1.72. The quantitative estimate of drug-likeness (QED) is 0.713. The Morgan fingerprint density at radius 2 is 2.04 bits per heavy atom. The van der Waals surface area contributed by atoms with Gasteiger partial charge in [-0.25, -0.2) is 0 Å². The van der Waals surface area contributed by atoms with E-state index in [1.807, 2.05) is 35.2 Å². The summed E-state index contributed by atoms with van der Waals surface area (Å²) in [4.78, 5) is 19.0. The molecular weight excluding hydrogens is 330 g/mol. The number of hydrogen-bond donors (Lipinski definition) is 0. The highest BCUT2D eigenvalue weighted by atomic mass is 16.5. The number of nitrogens with zero attached hydrogens (tertiary/aromatic N) is 3. The van der Waals surface area contributed by atoms with Crippen LogP contribution in [0, 0.1) is 5.92 Å². The summed E-state index contributed by atoms with van der Waals surface area (Å²) in [7, 11) is 0. The minimum atomic E-state index is -0.0525. The van der Waals surface area contributed by atoms with E-state index < -0.39 is 0 Å². The molecule has 2 heterocycles. The number of likely N-dealkylation sites (tertiary alicyclic amines) is 1. The second kappa shape index (κ2) is 7.99. The normalized spacial score (nSPS) is 20.3. The van der Waals surface area contributed by atoms with Crippen molar-refractivity contribution in [3.8, 4) is 0 Å². The molecule has 2 aromatic rings. The van der Waals surface area contributed by atoms with Crippen LogP contribution in [0.2, 0.25) is 0 Å². The first-order valence-corrected chi connectivity index (χ1v) is 9.56. The summed E-state index contributed by atoms with van der Waals surface area (Å²) in [6.07, 6.45) is 5.72. The largest absolute Gasteiger partial charge is 0.376 e. The fraction of sp³-hybridized carbons (Fsp3) is 0.550. The van der Waals surface area contributed by atoms with Gasteiger partial charge < -0.3 is 14.2 Å². The van der Waals surface area contributed by atoms with Crippen molar-refractivity contribution in [3.63, 3.8) is 0 Å². The van der Waals surface area contributed by atoms with Crippen LogP contribution in [0.25, 0.3) is 0 Å². The van der Waals surface area contributed by atoms with Gasteiger partial charge in [0.1, 0.15) is 6.04 Å². The predicted molar refractivity (Wildman–Crippen MR) is 95.1 cm³/mol. The van der Waals surface area contributed by atoms with E-state index in [1.54, 1.807) is 0 Å². The molecule has 26 heavy (non-hydrogen) atoms. The molecule has 4 rings (SSSR count). The van der Waals surface area contributed by atoms with Gasteiger partial charge in [0.2, 0.25) is 11.8 Å². The van der Waals surface area contributed by atoms with E-state index in [-0.39, 0.29) is 17.9 Å². The van der Waals surface area contributed by atoms with E-state index in [4.69, 9.17) is 9.26 Å². The summed E-state index contributed by atoms with van der Waals surface area (Å²) in [6.45, 7) is 1.93. The van der Waals surface area contributed by atoms with Gasteiger partial charge in [0.15, 0.2) is 5.82 Å². The molecule has 0 radical (unpaired) electrons. The van der Waals surface area contributed by atoms with Gasteiger partial charge in [-0.15, -0.1) is 0 Å². The van der Waals surface area contributed by atoms with Gasteiger partial charge in [-0.1, -0.05) is 35.5 Å². The summed E-state index contributed by atoms with van der Waals surface area (Å²) in [5, 5.41) is 4.09. The molecule has 2 aliphatic rings. The minimum Gasteiger partial charge on any atom is -0.376 e. The Bertz CT molecular complexity index is 727. The molecule has 6 heteroatoms. The molecule has 1 saturated carbocycles. The number of aromatic nitrogens is 2. The van der Waals surface area contributed by atoms with Crippen molar-refractivity contribution in [2.75, 3.05) is 13.2 Å². The Balaban J connectivity index is 1.31. The van der Waals surface area contributed by atoms with Crippen LogP contribution < -0.4 is 0 Å². The van der Waals surface area contributed by atoms with Crippen LogP contribution in [0.1, 0.15) is 55.4 Å². The van der Waals surface area contributed by atoms with Crippen molar-refractivity contribution >= 4 is 5.91 Å². The van der Waals surface area contributed by atoms with Gasteiger partial charge in [0.05, 0.1) is 13.2 Å². The predicted octanol–water partition coefficient (Wildman–Crippen LogP) is 3.29. The Labute approximate surface area is 153 Å². The van der Waals surface area contributed by atoms with Crippen LogP contribution in [-0.2, 0) is 22.6 Å². The summed E-state index contributed by atoms with van der Waals surface area (Å²) in [6, 6.07) is 10.0. The average molecular weight is 355 g/mol. The Hall–Kier alpha value is -2.21. The average Bonchev–Trinajstić information content (AvgIpc) is 3.44. The maximum Gasteiger partial charge on any atom is 0.249 e. The molecule has 6 nitrogen and oxygen atoms in total. The highest BCUT2D eigenvalue weighted by Crippen LogP contribution is 2.37. The molecule has 0 bridgehead atoms. The maximum absolute atomic E-state index is 12.5. The lowest BCUT2D eigenvalue weighted by Crippen LogP contribution is -2.39. The van der Waals surface area contributed by atoms with Crippen molar-refractivity contribution in [3.05, 3.63) is 47.6 Å². The molecule has 1 saturated heterocycles. The number of ether oxygens (including phenoxy) is 1. The molecule has 1 unspecified atom stereocenters. The van der Waals surface area contributed by atoms with E-state index in [9.17, 15) is 4.79 Å². The van der Waals surface area contributed by atoms with Gasteiger partial charge in [-0.05, 0) is 37.7 Å². The van der Waals surface area contributed by atoms with E-state index in [2.05, 4.69) is 10.1 Å². The Morgan fingerprint density at radius 3 is 2.85 bits per heavy atom. The maximum atomic E-state index is 12.5. The highest BCUT2D eigenvalue weighted by Gasteiger charge is 2.39.